The van der Waals surface area contributed by atoms with E-state index in [0.29, 0.717) is 42.2 Å². The molecule has 0 unspecified atom stereocenters. The van der Waals surface area contributed by atoms with Crippen molar-refractivity contribution >= 4 is 11.8 Å². The van der Waals surface area contributed by atoms with Crippen molar-refractivity contribution in [2.75, 3.05) is 19.0 Å². The summed E-state index contributed by atoms with van der Waals surface area (Å²) in [6, 6.07) is 11.6. The van der Waals surface area contributed by atoms with Gasteiger partial charge in [-0.2, -0.15) is 8.78 Å². The molecule has 9 heteroatoms. The van der Waals surface area contributed by atoms with Gasteiger partial charge in [0.25, 0.3) is 0 Å². The van der Waals surface area contributed by atoms with Crippen LogP contribution in [0.4, 0.5) is 14.6 Å². The summed E-state index contributed by atoms with van der Waals surface area (Å²) in [4.78, 5) is 20.0. The van der Waals surface area contributed by atoms with Crippen LogP contribution in [0.2, 0.25) is 0 Å². The van der Waals surface area contributed by atoms with Crippen molar-refractivity contribution in [3.63, 3.8) is 0 Å². The zero-order valence-corrected chi connectivity index (χ0v) is 18.3. The number of anilines is 1. The van der Waals surface area contributed by atoms with E-state index < -0.39 is 12.6 Å². The average Bonchev–Trinajstić information content (AvgIpc) is 2.79. The van der Waals surface area contributed by atoms with Gasteiger partial charge < -0.3 is 19.9 Å². The molecule has 7 nitrogen and oxygen atoms in total. The van der Waals surface area contributed by atoms with Gasteiger partial charge >= 0.3 is 12.6 Å². The molecule has 1 heterocycles. The minimum atomic E-state index is -2.90. The third-order valence-corrected chi connectivity index (χ3v) is 5.00. The van der Waals surface area contributed by atoms with Crippen LogP contribution in [0.15, 0.2) is 48.8 Å². The van der Waals surface area contributed by atoms with E-state index >= 15 is 0 Å². The van der Waals surface area contributed by atoms with E-state index in [0.717, 1.165) is 23.1 Å². The van der Waals surface area contributed by atoms with E-state index in [1.165, 1.54) is 25.6 Å². The molecule has 2 N–H and O–H groups in total. The molecule has 0 atom stereocenters. The minimum absolute atomic E-state index is 0.0374. The number of halogens is 2. The Hall–Kier alpha value is -3.75. The summed E-state index contributed by atoms with van der Waals surface area (Å²) >= 11 is 0. The molecule has 2 aromatic carbocycles. The highest BCUT2D eigenvalue weighted by Gasteiger charge is 2.12. The average molecular weight is 457 g/mol. The molecule has 0 aliphatic carbocycles. The highest BCUT2D eigenvalue weighted by molar-refractivity contribution is 5.90. The van der Waals surface area contributed by atoms with Crippen LogP contribution in [-0.2, 0) is 12.8 Å². The number of hydrogen-bond acceptors (Lipinski definition) is 6. The Kier molecular flexibility index (Phi) is 8.12. The van der Waals surface area contributed by atoms with Gasteiger partial charge in [-0.3, -0.25) is 0 Å². The molecule has 0 saturated heterocycles. The van der Waals surface area contributed by atoms with Gasteiger partial charge in [-0.1, -0.05) is 25.5 Å². The Morgan fingerprint density at radius 2 is 1.91 bits per heavy atom. The van der Waals surface area contributed by atoms with Gasteiger partial charge in [0, 0.05) is 24.2 Å². The fourth-order valence-electron chi connectivity index (χ4n) is 3.48. The molecule has 0 spiro atoms. The number of alkyl halides is 2. The first-order chi connectivity index (χ1) is 15.9. The zero-order valence-electron chi connectivity index (χ0n) is 18.3. The van der Waals surface area contributed by atoms with E-state index in [9.17, 15) is 18.7 Å². The lowest BCUT2D eigenvalue weighted by Crippen LogP contribution is -2.08. The van der Waals surface area contributed by atoms with E-state index in [1.54, 1.807) is 24.3 Å². The third kappa shape index (κ3) is 6.38. The number of nitrogens with one attached hydrogen (secondary N) is 1. The van der Waals surface area contributed by atoms with Crippen molar-refractivity contribution in [2.45, 2.75) is 32.8 Å². The second-order valence-corrected chi connectivity index (χ2v) is 7.24. The summed E-state index contributed by atoms with van der Waals surface area (Å²) in [6.45, 7) is -0.382. The van der Waals surface area contributed by atoms with E-state index in [-0.39, 0.29) is 5.75 Å². The first-order valence-electron chi connectivity index (χ1n) is 10.5. The number of benzene rings is 2. The summed E-state index contributed by atoms with van der Waals surface area (Å²) in [5.74, 6) is 0.158. The number of methoxy groups -OCH3 is 1. The number of carboxylic acids is 1. The van der Waals surface area contributed by atoms with Crippen LogP contribution in [0.5, 0.6) is 11.5 Å². The quantitative estimate of drug-likeness (QED) is 0.416. The monoisotopic (exact) mass is 457 g/mol. The SMILES string of the molecule is CCCc1cc(-c2cc(NCCc3ccc(OC(F)F)cc3OC)ncn2)ccc1C(=O)O. The van der Waals surface area contributed by atoms with Crippen LogP contribution >= 0.6 is 0 Å². The normalized spacial score (nSPS) is 10.8. The molecule has 0 radical (unpaired) electrons. The summed E-state index contributed by atoms with van der Waals surface area (Å²) in [5, 5.41) is 12.6. The molecule has 0 fully saturated rings. The van der Waals surface area contributed by atoms with Gasteiger partial charge in [-0.25, -0.2) is 14.8 Å². The highest BCUT2D eigenvalue weighted by Crippen LogP contribution is 2.27. The van der Waals surface area contributed by atoms with Gasteiger partial charge in [-0.15, -0.1) is 0 Å². The molecule has 0 bridgehead atoms. The first kappa shape index (κ1) is 23.9. The maximum atomic E-state index is 12.4. The number of carbonyl (C=O) groups is 1. The summed E-state index contributed by atoms with van der Waals surface area (Å²) in [6.07, 6.45) is 3.50. The van der Waals surface area contributed by atoms with Crippen LogP contribution < -0.4 is 14.8 Å². The zero-order chi connectivity index (χ0) is 23.8. The van der Waals surface area contributed by atoms with Crippen molar-refractivity contribution in [2.24, 2.45) is 0 Å². The number of aromatic carboxylic acids is 1. The van der Waals surface area contributed by atoms with Gasteiger partial charge in [-0.05, 0) is 42.2 Å². The number of nitrogens with zero attached hydrogens (tertiary/aromatic N) is 2. The standard InChI is InChI=1S/C24H25F2N3O4/c1-3-4-16-11-17(6-8-19(16)23(30)31)20-13-22(29-14-28-20)27-10-9-15-5-7-18(33-24(25)26)12-21(15)32-2/h5-8,11-14,24H,3-4,9-10H2,1-2H3,(H,30,31)(H,27,28,29). The lowest BCUT2D eigenvalue weighted by atomic mass is 9.99. The summed E-state index contributed by atoms with van der Waals surface area (Å²) in [7, 11) is 1.47. The predicted octanol–water partition coefficient (Wildman–Crippen LogP) is 5.06. The van der Waals surface area contributed by atoms with Crippen molar-refractivity contribution in [1.29, 1.82) is 0 Å². The molecule has 33 heavy (non-hydrogen) atoms. The second-order valence-electron chi connectivity index (χ2n) is 7.24. The van der Waals surface area contributed by atoms with Crippen LogP contribution in [-0.4, -0.2) is 41.3 Å². The lowest BCUT2D eigenvalue weighted by Gasteiger charge is -2.12. The Morgan fingerprint density at radius 3 is 2.61 bits per heavy atom. The lowest BCUT2D eigenvalue weighted by molar-refractivity contribution is -0.0499. The number of hydrogen-bond donors (Lipinski definition) is 2. The Labute approximate surface area is 190 Å². The largest absolute Gasteiger partial charge is 0.496 e. The topological polar surface area (TPSA) is 93.6 Å². The first-order valence-corrected chi connectivity index (χ1v) is 10.5. The van der Waals surface area contributed by atoms with E-state index in [2.05, 4.69) is 20.0 Å². The number of aromatic nitrogens is 2. The number of rotatable bonds is 11. The van der Waals surface area contributed by atoms with Crippen molar-refractivity contribution in [3.8, 4) is 22.8 Å². The third-order valence-electron chi connectivity index (χ3n) is 5.00. The maximum Gasteiger partial charge on any atom is 0.387 e. The molecule has 0 aliphatic rings. The van der Waals surface area contributed by atoms with Gasteiger partial charge in [0.1, 0.15) is 23.6 Å². The molecular formula is C24H25F2N3O4. The molecule has 3 aromatic rings. The van der Waals surface area contributed by atoms with E-state index in [1.807, 2.05) is 13.0 Å². The molecule has 1 aromatic heterocycles. The van der Waals surface area contributed by atoms with Crippen LogP contribution in [0.3, 0.4) is 0 Å². The number of aryl methyl sites for hydroxylation is 1. The van der Waals surface area contributed by atoms with Crippen molar-refractivity contribution in [1.82, 2.24) is 9.97 Å². The molecule has 3 rings (SSSR count). The number of carboxylic acid groups (broad SMARTS) is 1. The molecule has 174 valence electrons. The molecule has 0 amide bonds. The van der Waals surface area contributed by atoms with Gasteiger partial charge in [0.2, 0.25) is 0 Å². The Morgan fingerprint density at radius 1 is 1.09 bits per heavy atom. The Bertz CT molecular complexity index is 1110. The highest BCUT2D eigenvalue weighted by atomic mass is 19.3. The summed E-state index contributed by atoms with van der Waals surface area (Å²) in [5.41, 5.74) is 3.38. The van der Waals surface area contributed by atoms with Crippen LogP contribution in [0.1, 0.15) is 34.8 Å². The smallest absolute Gasteiger partial charge is 0.387 e. The molecule has 0 saturated carbocycles. The van der Waals surface area contributed by atoms with E-state index in [4.69, 9.17) is 4.74 Å². The van der Waals surface area contributed by atoms with Crippen molar-refractivity contribution in [3.05, 3.63) is 65.5 Å². The minimum Gasteiger partial charge on any atom is -0.496 e. The molecule has 0 aliphatic heterocycles. The fraction of sp³-hybridized carbons (Fsp3) is 0.292. The van der Waals surface area contributed by atoms with Gasteiger partial charge in [0.05, 0.1) is 18.4 Å². The molecular weight excluding hydrogens is 432 g/mol. The van der Waals surface area contributed by atoms with Gasteiger partial charge in [0.15, 0.2) is 0 Å². The second kappa shape index (κ2) is 11.2. The summed E-state index contributed by atoms with van der Waals surface area (Å²) < 4.78 is 34.5. The Balaban J connectivity index is 1.70. The fourth-order valence-corrected chi connectivity index (χ4v) is 3.48. The van der Waals surface area contributed by atoms with Crippen LogP contribution in [0.25, 0.3) is 11.3 Å². The predicted molar refractivity (Wildman–Crippen MR) is 120 cm³/mol. The van der Waals surface area contributed by atoms with Crippen molar-refractivity contribution < 1.29 is 28.2 Å². The number of ether oxygens (including phenoxy) is 2. The maximum absolute atomic E-state index is 12.4. The van der Waals surface area contributed by atoms with Crippen LogP contribution in [0, 0.1) is 0 Å².